The van der Waals surface area contributed by atoms with Gasteiger partial charge in [0.15, 0.2) is 0 Å². The molecular formula is C27H32BrFN2O6. The molecule has 1 fully saturated rings. The molecule has 2 amide bonds. The van der Waals surface area contributed by atoms with Crippen LogP contribution >= 0.6 is 15.9 Å². The normalized spacial score (nSPS) is 22.6. The molecule has 200 valence electrons. The van der Waals surface area contributed by atoms with Gasteiger partial charge in [-0.25, -0.2) is 4.39 Å². The van der Waals surface area contributed by atoms with E-state index < -0.39 is 30.0 Å². The Hall–Kier alpha value is -2.63. The van der Waals surface area contributed by atoms with E-state index in [9.17, 15) is 29.3 Å². The Bertz CT molecular complexity index is 1070. The van der Waals surface area contributed by atoms with E-state index in [1.165, 1.54) is 23.1 Å². The van der Waals surface area contributed by atoms with Crippen LogP contribution in [0.2, 0.25) is 0 Å². The van der Waals surface area contributed by atoms with Crippen molar-refractivity contribution in [1.29, 1.82) is 0 Å². The van der Waals surface area contributed by atoms with Crippen molar-refractivity contribution in [1.82, 2.24) is 9.80 Å². The third-order valence-electron chi connectivity index (χ3n) is 6.05. The molecule has 1 aliphatic rings. The van der Waals surface area contributed by atoms with Crippen molar-refractivity contribution in [2.45, 2.75) is 31.2 Å². The van der Waals surface area contributed by atoms with Gasteiger partial charge in [-0.2, -0.15) is 0 Å². The van der Waals surface area contributed by atoms with Crippen LogP contribution in [0.1, 0.15) is 28.8 Å². The summed E-state index contributed by atoms with van der Waals surface area (Å²) in [7, 11) is 0. The molecule has 2 aromatic rings. The van der Waals surface area contributed by atoms with Crippen LogP contribution < -0.4 is 0 Å². The van der Waals surface area contributed by atoms with Crippen molar-refractivity contribution < 1.29 is 34.0 Å². The Labute approximate surface area is 224 Å². The smallest absolute Gasteiger partial charge is 0.254 e. The van der Waals surface area contributed by atoms with Gasteiger partial charge in [-0.3, -0.25) is 9.59 Å². The van der Waals surface area contributed by atoms with Gasteiger partial charge in [0.25, 0.3) is 5.91 Å². The van der Waals surface area contributed by atoms with Gasteiger partial charge in [-0.15, -0.1) is 0 Å². The molecule has 10 heteroatoms. The quantitative estimate of drug-likeness (QED) is 0.483. The molecule has 2 aromatic carbocycles. The predicted molar refractivity (Wildman–Crippen MR) is 140 cm³/mol. The van der Waals surface area contributed by atoms with Crippen molar-refractivity contribution in [2.24, 2.45) is 0 Å². The fraction of sp³-hybridized carbons (Fsp3) is 0.407. The zero-order valence-corrected chi connectivity index (χ0v) is 22.0. The van der Waals surface area contributed by atoms with Crippen LogP contribution in [0, 0.1) is 5.82 Å². The van der Waals surface area contributed by atoms with E-state index in [0.29, 0.717) is 26.0 Å². The number of hydrogen-bond donors (Lipinski definition) is 3. The molecule has 8 nitrogen and oxygen atoms in total. The minimum absolute atomic E-state index is 0.0586. The van der Waals surface area contributed by atoms with Gasteiger partial charge in [0.2, 0.25) is 5.91 Å². The maximum absolute atomic E-state index is 13.4. The molecule has 0 unspecified atom stereocenters. The molecule has 0 aromatic heterocycles. The maximum atomic E-state index is 13.4. The maximum Gasteiger partial charge on any atom is 0.254 e. The summed E-state index contributed by atoms with van der Waals surface area (Å²) in [6.07, 6.45) is 0.0880. The van der Waals surface area contributed by atoms with Crippen molar-refractivity contribution >= 4 is 33.8 Å². The first-order chi connectivity index (χ1) is 17.7. The first kappa shape index (κ1) is 28.9. The molecule has 0 saturated carbocycles. The first-order valence-electron chi connectivity index (χ1n) is 12.1. The highest BCUT2D eigenvalue weighted by molar-refractivity contribution is 9.10. The number of halogens is 2. The number of β-amino-alcohol motifs (C(OH)–C–C–N with tert-alkyl or cyclic N) is 1. The number of nitrogens with zero attached hydrogens (tertiary/aromatic N) is 2. The zero-order chi connectivity index (χ0) is 26.8. The van der Waals surface area contributed by atoms with Crippen molar-refractivity contribution in [3.05, 3.63) is 76.0 Å². The van der Waals surface area contributed by atoms with E-state index in [1.807, 2.05) is 24.3 Å². The Kier molecular flexibility index (Phi) is 11.2. The molecule has 1 saturated heterocycles. The number of rotatable bonds is 3. The SMILES string of the molecule is O=C(/C=C/c1cccc(Br)c1)N1CCCCOC[C@@H](O)[C@H](O)[C@@H](O)CN(C(=O)c2ccc(F)cc2)CC1. The molecule has 37 heavy (non-hydrogen) atoms. The van der Waals surface area contributed by atoms with E-state index >= 15 is 0 Å². The summed E-state index contributed by atoms with van der Waals surface area (Å²) in [6, 6.07) is 12.5. The number of amides is 2. The molecule has 1 heterocycles. The molecule has 3 atom stereocenters. The van der Waals surface area contributed by atoms with Crippen LogP contribution in [-0.4, -0.2) is 94.6 Å². The van der Waals surface area contributed by atoms with Crippen LogP contribution in [0.25, 0.3) is 6.08 Å². The Morgan fingerprint density at radius 2 is 1.70 bits per heavy atom. The summed E-state index contributed by atoms with van der Waals surface area (Å²) < 4.78 is 19.7. The largest absolute Gasteiger partial charge is 0.388 e. The molecule has 3 N–H and O–H groups in total. The number of ether oxygens (including phenoxy) is 1. The van der Waals surface area contributed by atoms with Crippen molar-refractivity contribution in [3.63, 3.8) is 0 Å². The third-order valence-corrected chi connectivity index (χ3v) is 6.54. The second kappa shape index (κ2) is 14.3. The zero-order valence-electron chi connectivity index (χ0n) is 20.4. The lowest BCUT2D eigenvalue weighted by molar-refractivity contribution is -0.126. The molecule has 0 radical (unpaired) electrons. The lowest BCUT2D eigenvalue weighted by Gasteiger charge is -2.32. The van der Waals surface area contributed by atoms with Gasteiger partial charge in [0.05, 0.1) is 6.61 Å². The number of carbonyl (C=O) groups is 2. The van der Waals surface area contributed by atoms with Crippen LogP contribution in [0.3, 0.4) is 0 Å². The van der Waals surface area contributed by atoms with E-state index in [1.54, 1.807) is 11.0 Å². The van der Waals surface area contributed by atoms with Gasteiger partial charge in [0.1, 0.15) is 24.1 Å². The van der Waals surface area contributed by atoms with Gasteiger partial charge >= 0.3 is 0 Å². The van der Waals surface area contributed by atoms with Crippen LogP contribution in [0.5, 0.6) is 0 Å². The van der Waals surface area contributed by atoms with Crippen molar-refractivity contribution in [2.75, 3.05) is 39.4 Å². The van der Waals surface area contributed by atoms with E-state index in [0.717, 1.165) is 22.2 Å². The number of hydrogen-bond acceptors (Lipinski definition) is 6. The number of benzene rings is 2. The first-order valence-corrected chi connectivity index (χ1v) is 12.9. The minimum atomic E-state index is -1.54. The number of carbonyl (C=O) groups excluding carboxylic acids is 2. The highest BCUT2D eigenvalue weighted by atomic mass is 79.9. The molecule has 0 aliphatic carbocycles. The summed E-state index contributed by atoms with van der Waals surface area (Å²) in [5.74, 6) is -1.23. The molecule has 3 rings (SSSR count). The van der Waals surface area contributed by atoms with Gasteiger partial charge in [-0.05, 0) is 60.9 Å². The van der Waals surface area contributed by atoms with E-state index in [-0.39, 0.29) is 37.7 Å². The monoisotopic (exact) mass is 578 g/mol. The average molecular weight is 579 g/mol. The molecule has 0 bridgehead atoms. The second-order valence-electron chi connectivity index (χ2n) is 8.88. The van der Waals surface area contributed by atoms with E-state index in [4.69, 9.17) is 4.74 Å². The minimum Gasteiger partial charge on any atom is -0.388 e. The Morgan fingerprint density at radius 3 is 2.43 bits per heavy atom. The highest BCUT2D eigenvalue weighted by Gasteiger charge is 2.29. The Morgan fingerprint density at radius 1 is 0.973 bits per heavy atom. The lowest BCUT2D eigenvalue weighted by Crippen LogP contribution is -2.49. The molecular weight excluding hydrogens is 547 g/mol. The summed E-state index contributed by atoms with van der Waals surface area (Å²) in [5.41, 5.74) is 1.04. The van der Waals surface area contributed by atoms with Crippen molar-refractivity contribution in [3.8, 4) is 0 Å². The second-order valence-corrected chi connectivity index (χ2v) is 9.79. The topological polar surface area (TPSA) is 111 Å². The standard InChI is InChI=1S/C27H32BrFN2O6/c28-21-5-3-4-19(16-21)6-11-25(34)30-12-1-2-15-37-18-24(33)26(35)23(32)17-31(14-13-30)27(36)20-7-9-22(29)10-8-20/h3-11,16,23-24,26,32-33,35H,1-2,12-15,17-18H2/b11-6+/t23-,24+,26+/m0/s1. The summed E-state index contributed by atoms with van der Waals surface area (Å²) >= 11 is 3.41. The predicted octanol–water partition coefficient (Wildman–Crippen LogP) is 2.47. The molecule has 1 aliphatic heterocycles. The lowest BCUT2D eigenvalue weighted by atomic mass is 10.1. The highest BCUT2D eigenvalue weighted by Crippen LogP contribution is 2.14. The Balaban J connectivity index is 1.80. The fourth-order valence-electron chi connectivity index (χ4n) is 3.91. The summed E-state index contributed by atoms with van der Waals surface area (Å²) in [4.78, 5) is 29.2. The van der Waals surface area contributed by atoms with Crippen LogP contribution in [0.15, 0.2) is 59.1 Å². The van der Waals surface area contributed by atoms with Crippen LogP contribution in [0.4, 0.5) is 4.39 Å². The van der Waals surface area contributed by atoms with Gasteiger partial charge in [-0.1, -0.05) is 28.1 Å². The number of aliphatic hydroxyl groups excluding tert-OH is 3. The third kappa shape index (κ3) is 9.01. The van der Waals surface area contributed by atoms with Gasteiger partial charge < -0.3 is 29.9 Å². The van der Waals surface area contributed by atoms with Crippen LogP contribution in [-0.2, 0) is 9.53 Å². The van der Waals surface area contributed by atoms with Gasteiger partial charge in [0, 0.05) is 48.9 Å². The summed E-state index contributed by atoms with van der Waals surface area (Å²) in [5, 5.41) is 31.1. The van der Waals surface area contributed by atoms with E-state index in [2.05, 4.69) is 15.9 Å². The fourth-order valence-corrected chi connectivity index (χ4v) is 4.32. The average Bonchev–Trinajstić information content (AvgIpc) is 2.89. The number of aliphatic hydroxyl groups is 3. The molecule has 0 spiro atoms. The summed E-state index contributed by atoms with van der Waals surface area (Å²) in [6.45, 7) is 0.485.